The zero-order valence-corrected chi connectivity index (χ0v) is 10.9. The highest BCUT2D eigenvalue weighted by Gasteiger charge is 2.34. The van der Waals surface area contributed by atoms with E-state index in [0.717, 1.165) is 0 Å². The molecule has 0 saturated carbocycles. The average Bonchev–Trinajstić information content (AvgIpc) is 2.76. The first-order valence-electron chi connectivity index (χ1n) is 5.94. The van der Waals surface area contributed by atoms with Crippen molar-refractivity contribution in [2.75, 3.05) is 32.5 Å². The number of nitrogens with two attached hydrogens (primary N) is 1. The second-order valence-corrected chi connectivity index (χ2v) is 4.31. The third-order valence-corrected chi connectivity index (χ3v) is 3.00. The SMILES string of the molecule is CNC(=O)C1COCCN1C(=O)c1nn(C)cc1N. The Hall–Kier alpha value is -2.09. The first-order chi connectivity index (χ1) is 9.04. The Morgan fingerprint density at radius 3 is 2.89 bits per heavy atom. The summed E-state index contributed by atoms with van der Waals surface area (Å²) in [5.74, 6) is -0.613. The van der Waals surface area contributed by atoms with Crippen LogP contribution in [0.2, 0.25) is 0 Å². The molecule has 1 fully saturated rings. The third kappa shape index (κ3) is 2.53. The summed E-state index contributed by atoms with van der Waals surface area (Å²) in [4.78, 5) is 25.6. The maximum Gasteiger partial charge on any atom is 0.277 e. The molecule has 19 heavy (non-hydrogen) atoms. The molecule has 1 aromatic heterocycles. The summed E-state index contributed by atoms with van der Waals surface area (Å²) in [7, 11) is 3.21. The lowest BCUT2D eigenvalue weighted by atomic mass is 10.2. The number of nitrogens with zero attached hydrogens (tertiary/aromatic N) is 3. The highest BCUT2D eigenvalue weighted by Crippen LogP contribution is 2.16. The molecule has 0 spiro atoms. The number of likely N-dealkylation sites (N-methyl/N-ethyl adjacent to an activating group) is 1. The van der Waals surface area contributed by atoms with E-state index < -0.39 is 6.04 Å². The number of anilines is 1. The summed E-state index contributed by atoms with van der Waals surface area (Å²) < 4.78 is 6.72. The van der Waals surface area contributed by atoms with E-state index in [1.807, 2.05) is 0 Å². The molecule has 0 bridgehead atoms. The number of carbonyl (C=O) groups is 2. The molecular weight excluding hydrogens is 250 g/mol. The molecule has 0 radical (unpaired) electrons. The lowest BCUT2D eigenvalue weighted by Gasteiger charge is -2.33. The van der Waals surface area contributed by atoms with E-state index >= 15 is 0 Å². The Bertz CT molecular complexity index is 499. The zero-order valence-electron chi connectivity index (χ0n) is 10.9. The van der Waals surface area contributed by atoms with Crippen LogP contribution in [0, 0.1) is 0 Å². The van der Waals surface area contributed by atoms with Crippen LogP contribution in [0.25, 0.3) is 0 Å². The summed E-state index contributed by atoms with van der Waals surface area (Å²) in [5.41, 5.74) is 6.21. The van der Waals surface area contributed by atoms with Crippen LogP contribution in [0.15, 0.2) is 6.20 Å². The summed E-state index contributed by atoms with van der Waals surface area (Å²) in [5, 5.41) is 6.55. The van der Waals surface area contributed by atoms with Crippen molar-refractivity contribution in [3.63, 3.8) is 0 Å². The Balaban J connectivity index is 2.25. The predicted octanol–water partition coefficient (Wildman–Crippen LogP) is -1.41. The van der Waals surface area contributed by atoms with Gasteiger partial charge in [0.2, 0.25) is 5.91 Å². The van der Waals surface area contributed by atoms with Crippen molar-refractivity contribution in [2.24, 2.45) is 7.05 Å². The zero-order chi connectivity index (χ0) is 14.0. The van der Waals surface area contributed by atoms with Gasteiger partial charge in [0.05, 0.1) is 18.9 Å². The number of morpholine rings is 1. The lowest BCUT2D eigenvalue weighted by molar-refractivity contribution is -0.130. The number of hydrogen-bond donors (Lipinski definition) is 2. The van der Waals surface area contributed by atoms with E-state index in [1.54, 1.807) is 13.2 Å². The van der Waals surface area contributed by atoms with Crippen molar-refractivity contribution in [3.8, 4) is 0 Å². The molecule has 0 aliphatic carbocycles. The van der Waals surface area contributed by atoms with Gasteiger partial charge in [-0.1, -0.05) is 0 Å². The van der Waals surface area contributed by atoms with Gasteiger partial charge < -0.3 is 20.7 Å². The summed E-state index contributed by atoms with van der Waals surface area (Å²) >= 11 is 0. The largest absolute Gasteiger partial charge is 0.396 e. The predicted molar refractivity (Wildman–Crippen MR) is 67.3 cm³/mol. The van der Waals surface area contributed by atoms with Gasteiger partial charge in [-0.2, -0.15) is 5.10 Å². The fraction of sp³-hybridized carbons (Fsp3) is 0.545. The minimum absolute atomic E-state index is 0.165. The molecule has 2 heterocycles. The molecule has 104 valence electrons. The van der Waals surface area contributed by atoms with Crippen LogP contribution >= 0.6 is 0 Å². The van der Waals surface area contributed by atoms with Crippen molar-refractivity contribution >= 4 is 17.5 Å². The van der Waals surface area contributed by atoms with E-state index in [-0.39, 0.29) is 24.1 Å². The van der Waals surface area contributed by atoms with Gasteiger partial charge in [0.25, 0.3) is 5.91 Å². The van der Waals surface area contributed by atoms with Gasteiger partial charge in [-0.05, 0) is 0 Å². The quantitative estimate of drug-likeness (QED) is 0.685. The number of aromatic nitrogens is 2. The highest BCUT2D eigenvalue weighted by molar-refractivity contribution is 5.99. The van der Waals surface area contributed by atoms with Crippen molar-refractivity contribution in [1.29, 1.82) is 0 Å². The standard InChI is InChI=1S/C11H17N5O3/c1-13-10(17)8-6-19-4-3-16(8)11(18)9-7(12)5-15(2)14-9/h5,8H,3-4,6,12H2,1-2H3,(H,13,17). The van der Waals surface area contributed by atoms with E-state index in [9.17, 15) is 9.59 Å². The first kappa shape index (κ1) is 13.3. The van der Waals surface area contributed by atoms with Gasteiger partial charge in [-0.25, -0.2) is 0 Å². The molecule has 1 aliphatic rings. The number of nitrogen functional groups attached to an aromatic ring is 1. The second-order valence-electron chi connectivity index (χ2n) is 4.31. The van der Waals surface area contributed by atoms with Gasteiger partial charge >= 0.3 is 0 Å². The molecule has 1 aromatic rings. The fourth-order valence-electron chi connectivity index (χ4n) is 2.04. The molecular formula is C11H17N5O3. The molecule has 1 saturated heterocycles. The van der Waals surface area contributed by atoms with Crippen LogP contribution in [-0.2, 0) is 16.6 Å². The maximum absolute atomic E-state index is 12.4. The fourth-order valence-corrected chi connectivity index (χ4v) is 2.04. The summed E-state index contributed by atoms with van der Waals surface area (Å²) in [6.45, 7) is 0.914. The molecule has 3 N–H and O–H groups in total. The molecule has 2 rings (SSSR count). The van der Waals surface area contributed by atoms with Gasteiger partial charge in [0, 0.05) is 26.8 Å². The van der Waals surface area contributed by atoms with Gasteiger partial charge in [-0.3, -0.25) is 14.3 Å². The number of ether oxygens (including phenoxy) is 1. The number of amides is 2. The average molecular weight is 267 g/mol. The van der Waals surface area contributed by atoms with E-state index in [2.05, 4.69) is 10.4 Å². The number of nitrogens with one attached hydrogen (secondary N) is 1. The molecule has 8 nitrogen and oxygen atoms in total. The summed E-state index contributed by atoms with van der Waals surface area (Å²) in [6, 6.07) is -0.646. The molecule has 1 unspecified atom stereocenters. The van der Waals surface area contributed by atoms with Crippen molar-refractivity contribution in [1.82, 2.24) is 20.0 Å². The van der Waals surface area contributed by atoms with Crippen LogP contribution in [0.3, 0.4) is 0 Å². The molecule has 1 atom stereocenters. The minimum Gasteiger partial charge on any atom is -0.396 e. The Labute approximate surface area is 110 Å². The molecule has 0 aromatic carbocycles. The van der Waals surface area contributed by atoms with E-state index in [4.69, 9.17) is 10.5 Å². The molecule has 8 heteroatoms. The van der Waals surface area contributed by atoms with Gasteiger partial charge in [0.1, 0.15) is 6.04 Å². The van der Waals surface area contributed by atoms with Crippen LogP contribution in [-0.4, -0.2) is 59.3 Å². The minimum atomic E-state index is -0.646. The van der Waals surface area contributed by atoms with Crippen LogP contribution < -0.4 is 11.1 Å². The number of aryl methyl sites for hydroxylation is 1. The highest BCUT2D eigenvalue weighted by atomic mass is 16.5. The Morgan fingerprint density at radius 1 is 1.58 bits per heavy atom. The van der Waals surface area contributed by atoms with Gasteiger partial charge in [-0.15, -0.1) is 0 Å². The smallest absolute Gasteiger partial charge is 0.277 e. The van der Waals surface area contributed by atoms with Crippen molar-refractivity contribution in [3.05, 3.63) is 11.9 Å². The lowest BCUT2D eigenvalue weighted by Crippen LogP contribution is -2.55. The Morgan fingerprint density at radius 2 is 2.32 bits per heavy atom. The van der Waals surface area contributed by atoms with Crippen LogP contribution in [0.4, 0.5) is 5.69 Å². The van der Waals surface area contributed by atoms with Crippen molar-refractivity contribution in [2.45, 2.75) is 6.04 Å². The number of hydrogen-bond acceptors (Lipinski definition) is 5. The number of rotatable bonds is 2. The monoisotopic (exact) mass is 267 g/mol. The number of carbonyl (C=O) groups excluding carboxylic acids is 2. The van der Waals surface area contributed by atoms with E-state index in [0.29, 0.717) is 18.8 Å². The molecule has 1 aliphatic heterocycles. The second kappa shape index (κ2) is 5.27. The summed E-state index contributed by atoms with van der Waals surface area (Å²) in [6.07, 6.45) is 1.56. The van der Waals surface area contributed by atoms with Crippen LogP contribution in [0.1, 0.15) is 10.5 Å². The van der Waals surface area contributed by atoms with Gasteiger partial charge in [0.15, 0.2) is 5.69 Å². The molecule has 2 amide bonds. The maximum atomic E-state index is 12.4. The van der Waals surface area contributed by atoms with Crippen molar-refractivity contribution < 1.29 is 14.3 Å². The first-order valence-corrected chi connectivity index (χ1v) is 5.94. The Kier molecular flexibility index (Phi) is 3.70. The normalized spacial score (nSPS) is 19.3. The van der Waals surface area contributed by atoms with E-state index in [1.165, 1.54) is 16.6 Å². The van der Waals surface area contributed by atoms with Crippen LogP contribution in [0.5, 0.6) is 0 Å². The third-order valence-electron chi connectivity index (χ3n) is 3.00. The topological polar surface area (TPSA) is 102 Å².